The topological polar surface area (TPSA) is 92.8 Å². The number of carbonyl (C=O) groups excluding carboxylic acids is 1. The molecule has 7 nitrogen and oxygen atoms in total. The summed E-state index contributed by atoms with van der Waals surface area (Å²) in [5.41, 5.74) is 3.28. The molecule has 3 aromatic rings. The highest BCUT2D eigenvalue weighted by Gasteiger charge is 2.24. The van der Waals surface area contributed by atoms with E-state index in [1.54, 1.807) is 29.1 Å². The molecule has 3 heterocycles. The van der Waals surface area contributed by atoms with Crippen molar-refractivity contribution in [3.05, 3.63) is 100.0 Å². The van der Waals surface area contributed by atoms with Crippen molar-refractivity contribution >= 4 is 16.9 Å². The summed E-state index contributed by atoms with van der Waals surface area (Å²) in [4.78, 5) is 27.9. The van der Waals surface area contributed by atoms with E-state index in [1.165, 1.54) is 19.2 Å². The maximum absolute atomic E-state index is 13.6. The van der Waals surface area contributed by atoms with Crippen molar-refractivity contribution in [3.63, 3.8) is 0 Å². The van der Waals surface area contributed by atoms with Gasteiger partial charge in [-0.3, -0.25) is 4.79 Å². The minimum absolute atomic E-state index is 0.179. The van der Waals surface area contributed by atoms with E-state index >= 15 is 0 Å². The van der Waals surface area contributed by atoms with Crippen molar-refractivity contribution in [1.29, 1.82) is 0 Å². The van der Waals surface area contributed by atoms with E-state index in [0.29, 0.717) is 12.1 Å². The summed E-state index contributed by atoms with van der Waals surface area (Å²) in [6, 6.07) is 14.3. The minimum atomic E-state index is -0.582. The number of rotatable bonds is 5. The number of carbonyl (C=O) groups is 1. The Morgan fingerprint density at radius 1 is 1.16 bits per heavy atom. The summed E-state index contributed by atoms with van der Waals surface area (Å²) in [7, 11) is 1.28. The Morgan fingerprint density at radius 2 is 1.94 bits per heavy atom. The third-order valence-corrected chi connectivity index (χ3v) is 5.68. The van der Waals surface area contributed by atoms with Gasteiger partial charge in [0, 0.05) is 42.0 Å². The van der Waals surface area contributed by atoms with Gasteiger partial charge in [-0.2, -0.15) is 5.10 Å². The average molecular weight is 430 g/mol. The van der Waals surface area contributed by atoms with Crippen molar-refractivity contribution < 1.29 is 13.9 Å². The van der Waals surface area contributed by atoms with Crippen molar-refractivity contribution in [2.75, 3.05) is 7.11 Å². The zero-order valence-electron chi connectivity index (χ0n) is 17.1. The number of hydrogen-bond donors (Lipinski definition) is 2. The molecule has 2 N–H and O–H groups in total. The zero-order valence-corrected chi connectivity index (χ0v) is 17.1. The number of esters is 1. The average Bonchev–Trinajstić information content (AvgIpc) is 3.41. The quantitative estimate of drug-likeness (QED) is 0.414. The predicted octanol–water partition coefficient (Wildman–Crippen LogP) is 3.92. The van der Waals surface area contributed by atoms with Gasteiger partial charge in [-0.25, -0.2) is 14.3 Å². The molecule has 1 unspecified atom stereocenters. The van der Waals surface area contributed by atoms with Crippen molar-refractivity contribution in [2.45, 2.75) is 12.5 Å². The number of H-pyrrole nitrogens is 2. The van der Waals surface area contributed by atoms with Crippen LogP contribution in [0.5, 0.6) is 0 Å². The van der Waals surface area contributed by atoms with Crippen LogP contribution in [-0.4, -0.2) is 32.8 Å². The molecule has 0 amide bonds. The Balaban J connectivity index is 1.67. The maximum Gasteiger partial charge on any atom is 0.341 e. The van der Waals surface area contributed by atoms with Crippen molar-refractivity contribution in [2.24, 2.45) is 0 Å². The molecule has 0 radical (unpaired) electrons. The number of methoxy groups -OCH3 is 1. The number of halogens is 1. The summed E-state index contributed by atoms with van der Waals surface area (Å²) < 4.78 is 20.3. The molecule has 160 valence electrons. The largest absolute Gasteiger partial charge is 0.465 e. The van der Waals surface area contributed by atoms with E-state index in [1.807, 2.05) is 30.5 Å². The lowest BCUT2D eigenvalue weighted by atomic mass is 9.90. The van der Waals surface area contributed by atoms with Gasteiger partial charge in [0.25, 0.3) is 5.56 Å². The Labute approximate surface area is 181 Å². The summed E-state index contributed by atoms with van der Waals surface area (Å²) in [5, 5.41) is 7.41. The second-order valence-corrected chi connectivity index (χ2v) is 7.57. The molecule has 8 heteroatoms. The van der Waals surface area contributed by atoms with Crippen LogP contribution in [0.25, 0.3) is 22.2 Å². The number of para-hydroxylation sites is 1. The molecule has 1 aromatic heterocycles. The smallest absolute Gasteiger partial charge is 0.341 e. The van der Waals surface area contributed by atoms with E-state index in [9.17, 15) is 14.0 Å². The molecule has 0 saturated heterocycles. The number of aromatic amines is 2. The minimum Gasteiger partial charge on any atom is -0.465 e. The molecule has 2 aromatic carbocycles. The van der Waals surface area contributed by atoms with Crippen molar-refractivity contribution in [3.8, 4) is 11.3 Å². The van der Waals surface area contributed by atoms with E-state index in [4.69, 9.17) is 4.74 Å². The van der Waals surface area contributed by atoms with Crippen LogP contribution in [0.2, 0.25) is 0 Å². The fraction of sp³-hybridized carbons (Fsp3) is 0.125. The van der Waals surface area contributed by atoms with Crippen LogP contribution in [0.4, 0.5) is 4.39 Å². The first-order valence-corrected chi connectivity index (χ1v) is 10.0. The third kappa shape index (κ3) is 3.35. The molecule has 2 aliphatic rings. The number of hydrogen-bond acceptors (Lipinski definition) is 4. The Hall–Kier alpha value is -4.20. The van der Waals surface area contributed by atoms with Gasteiger partial charge < -0.3 is 14.3 Å². The van der Waals surface area contributed by atoms with Gasteiger partial charge in [0.1, 0.15) is 17.1 Å². The van der Waals surface area contributed by atoms with Gasteiger partial charge >= 0.3 is 5.97 Å². The Kier molecular flexibility index (Phi) is 4.82. The number of nitrogens with one attached hydrogen (secondary N) is 2. The van der Waals surface area contributed by atoms with Gasteiger partial charge in [0.15, 0.2) is 0 Å². The first kappa shape index (κ1) is 19.7. The molecule has 5 rings (SSSR count). The monoisotopic (exact) mass is 430 g/mol. The van der Waals surface area contributed by atoms with Crippen LogP contribution in [0.3, 0.4) is 0 Å². The number of benzene rings is 2. The number of pyridine rings is 1. The van der Waals surface area contributed by atoms with Crippen molar-refractivity contribution in [1.82, 2.24) is 19.7 Å². The lowest BCUT2D eigenvalue weighted by Gasteiger charge is -2.21. The van der Waals surface area contributed by atoms with Crippen LogP contribution in [-0.2, 0) is 11.3 Å². The van der Waals surface area contributed by atoms with Crippen LogP contribution < -0.4 is 5.56 Å². The molecule has 2 aliphatic heterocycles. The SMILES string of the molecule is COC(=O)c1cn(CC(c2ccc(F)cc2)c2c[nH]c3ccccc23)cc2c(=O)[nH]nc1-2. The molecular formula is C24H19FN4O3. The molecular weight excluding hydrogens is 411 g/mol. The van der Waals surface area contributed by atoms with E-state index in [2.05, 4.69) is 15.2 Å². The molecule has 32 heavy (non-hydrogen) atoms. The molecule has 1 atom stereocenters. The first-order valence-electron chi connectivity index (χ1n) is 10.0. The maximum atomic E-state index is 13.6. The van der Waals surface area contributed by atoms with E-state index in [-0.39, 0.29) is 28.6 Å². The molecule has 0 saturated carbocycles. The fourth-order valence-electron chi connectivity index (χ4n) is 4.13. The Morgan fingerprint density at radius 3 is 2.72 bits per heavy atom. The van der Waals surface area contributed by atoms with Crippen LogP contribution >= 0.6 is 0 Å². The van der Waals surface area contributed by atoms with Gasteiger partial charge in [-0.05, 0) is 29.3 Å². The first-order chi connectivity index (χ1) is 15.5. The third-order valence-electron chi connectivity index (χ3n) is 5.68. The number of aromatic nitrogens is 4. The summed E-state index contributed by atoms with van der Waals surface area (Å²) in [6.07, 6.45) is 5.23. The number of nitrogens with zero attached hydrogens (tertiary/aromatic N) is 2. The summed E-state index contributed by atoms with van der Waals surface area (Å²) in [5.74, 6) is -1.08. The predicted molar refractivity (Wildman–Crippen MR) is 117 cm³/mol. The highest BCUT2D eigenvalue weighted by molar-refractivity contribution is 5.96. The van der Waals surface area contributed by atoms with Gasteiger partial charge in [-0.15, -0.1) is 0 Å². The second-order valence-electron chi connectivity index (χ2n) is 7.57. The zero-order chi connectivity index (χ0) is 22.2. The fourth-order valence-corrected chi connectivity index (χ4v) is 4.13. The molecule has 0 fully saturated rings. The molecule has 0 bridgehead atoms. The van der Waals surface area contributed by atoms with E-state index in [0.717, 1.165) is 22.0 Å². The summed E-state index contributed by atoms with van der Waals surface area (Å²) in [6.45, 7) is 0.401. The lowest BCUT2D eigenvalue weighted by Crippen LogP contribution is -2.16. The van der Waals surface area contributed by atoms with E-state index < -0.39 is 5.97 Å². The second kappa shape index (κ2) is 7.81. The van der Waals surface area contributed by atoms with Gasteiger partial charge in [0.05, 0.1) is 12.7 Å². The highest BCUT2D eigenvalue weighted by atomic mass is 19.1. The van der Waals surface area contributed by atoms with Gasteiger partial charge in [-0.1, -0.05) is 30.3 Å². The normalized spacial score (nSPS) is 12.3. The standard InChI is InChI=1S/C24H19FN4O3/c1-32-24(31)20-13-29(12-19-22(20)27-28-23(19)30)11-18(14-6-8-15(25)9-7-14)17-10-26-21-5-3-2-4-16(17)21/h2-10,12-13,18,26H,11H2,1H3,(H,28,30). The lowest BCUT2D eigenvalue weighted by molar-refractivity contribution is 0.0600. The molecule has 0 spiro atoms. The Bertz CT molecular complexity index is 1450. The summed E-state index contributed by atoms with van der Waals surface area (Å²) >= 11 is 0. The van der Waals surface area contributed by atoms with Gasteiger partial charge in [0.2, 0.25) is 0 Å². The van der Waals surface area contributed by atoms with Crippen LogP contribution in [0.1, 0.15) is 27.4 Å². The molecule has 0 aliphatic carbocycles. The number of fused-ring (bicyclic) bond motifs is 2. The van der Waals surface area contributed by atoms with Crippen LogP contribution in [0.15, 0.2) is 71.9 Å². The highest BCUT2D eigenvalue weighted by Crippen LogP contribution is 2.33. The number of ether oxygens (including phenoxy) is 1. The van der Waals surface area contributed by atoms with Crippen LogP contribution in [0, 0.1) is 5.82 Å².